The number of carbonyl (C=O) groups is 2. The monoisotopic (exact) mass is 567 g/mol. The Labute approximate surface area is 237 Å². The first-order valence-corrected chi connectivity index (χ1v) is 14.9. The molecule has 1 atom stereocenters. The van der Waals surface area contributed by atoms with Crippen LogP contribution in [0.5, 0.6) is 0 Å². The van der Waals surface area contributed by atoms with Crippen molar-refractivity contribution in [1.82, 2.24) is 10.2 Å². The summed E-state index contributed by atoms with van der Waals surface area (Å²) in [6, 6.07) is 16.6. The van der Waals surface area contributed by atoms with E-state index in [4.69, 9.17) is 0 Å². The van der Waals surface area contributed by atoms with Crippen LogP contribution in [0.1, 0.15) is 48.9 Å². The molecule has 0 unspecified atom stereocenters. The number of anilines is 1. The highest BCUT2D eigenvalue weighted by Gasteiger charge is 2.33. The van der Waals surface area contributed by atoms with Crippen molar-refractivity contribution in [2.24, 2.45) is 0 Å². The molecule has 0 aliphatic carbocycles. The van der Waals surface area contributed by atoms with Gasteiger partial charge in [0.1, 0.15) is 18.4 Å². The van der Waals surface area contributed by atoms with E-state index in [0.29, 0.717) is 12.2 Å². The van der Waals surface area contributed by atoms with Crippen LogP contribution in [0.15, 0.2) is 71.6 Å². The summed E-state index contributed by atoms with van der Waals surface area (Å²) in [5, 5.41) is 2.82. The number of sulfonamides is 1. The average Bonchev–Trinajstić information content (AvgIpc) is 2.92. The van der Waals surface area contributed by atoms with Crippen molar-refractivity contribution in [2.45, 2.75) is 64.9 Å². The Kier molecular flexibility index (Phi) is 10.5. The lowest BCUT2D eigenvalue weighted by molar-refractivity contribution is -0.139. The highest BCUT2D eigenvalue weighted by atomic mass is 32.2. The minimum atomic E-state index is -4.16. The number of amides is 2. The molecule has 9 heteroatoms. The quantitative estimate of drug-likeness (QED) is 0.302. The second kappa shape index (κ2) is 13.6. The van der Waals surface area contributed by atoms with Crippen LogP contribution in [0.2, 0.25) is 0 Å². The Morgan fingerprint density at radius 2 is 1.62 bits per heavy atom. The van der Waals surface area contributed by atoms with Crippen LogP contribution in [0, 0.1) is 26.6 Å². The van der Waals surface area contributed by atoms with Crippen LogP contribution < -0.4 is 9.62 Å². The van der Waals surface area contributed by atoms with Gasteiger partial charge >= 0.3 is 0 Å². The zero-order valence-electron chi connectivity index (χ0n) is 23.8. The molecule has 0 bridgehead atoms. The van der Waals surface area contributed by atoms with E-state index in [2.05, 4.69) is 5.32 Å². The second-order valence-corrected chi connectivity index (χ2v) is 11.9. The summed E-state index contributed by atoms with van der Waals surface area (Å²) >= 11 is 0. The molecule has 0 saturated heterocycles. The number of hydrogen-bond acceptors (Lipinski definition) is 4. The zero-order chi connectivity index (χ0) is 29.4. The van der Waals surface area contributed by atoms with Gasteiger partial charge in [-0.2, -0.15) is 0 Å². The zero-order valence-corrected chi connectivity index (χ0v) is 24.6. The standard InChI is InChI=1S/C31H38FN3O4S/c1-6-7-18-33-31(37)25(5)34(20-26-10-8-9-11-29(26)32)30(36)21-35(27-15-14-23(3)24(4)19-27)40(38,39)28-16-12-22(2)13-17-28/h8-17,19,25H,6-7,18,20-21H2,1-5H3,(H,33,37)/t25-/m0/s1. The molecule has 0 aromatic heterocycles. The van der Waals surface area contributed by atoms with E-state index < -0.39 is 40.2 Å². The van der Waals surface area contributed by atoms with Crippen LogP contribution in [-0.4, -0.2) is 44.3 Å². The lowest BCUT2D eigenvalue weighted by Gasteiger charge is -2.32. The number of nitrogens with zero attached hydrogens (tertiary/aromatic N) is 2. The molecule has 3 rings (SSSR count). The van der Waals surface area contributed by atoms with Crippen LogP contribution >= 0.6 is 0 Å². The van der Waals surface area contributed by atoms with Gasteiger partial charge in [0.05, 0.1) is 10.6 Å². The van der Waals surface area contributed by atoms with Crippen molar-refractivity contribution in [3.8, 4) is 0 Å². The number of nitrogens with one attached hydrogen (secondary N) is 1. The lowest BCUT2D eigenvalue weighted by Crippen LogP contribution is -2.51. The van der Waals surface area contributed by atoms with Crippen LogP contribution in [0.4, 0.5) is 10.1 Å². The second-order valence-electron chi connectivity index (χ2n) is 10.0. The summed E-state index contributed by atoms with van der Waals surface area (Å²) in [5.41, 5.74) is 3.28. The Hall–Kier alpha value is -3.72. The van der Waals surface area contributed by atoms with E-state index in [0.717, 1.165) is 33.8 Å². The minimum Gasteiger partial charge on any atom is -0.354 e. The molecule has 0 aliphatic heterocycles. The predicted octanol–water partition coefficient (Wildman–Crippen LogP) is 5.28. The van der Waals surface area contributed by atoms with Gasteiger partial charge in [0.15, 0.2) is 0 Å². The molecule has 0 radical (unpaired) electrons. The number of carbonyl (C=O) groups excluding carboxylic acids is 2. The van der Waals surface area contributed by atoms with Gasteiger partial charge in [-0.15, -0.1) is 0 Å². The fourth-order valence-electron chi connectivity index (χ4n) is 4.18. The average molecular weight is 568 g/mol. The molecule has 0 spiro atoms. The number of unbranched alkanes of at least 4 members (excludes halogenated alkanes) is 1. The molecule has 0 aliphatic rings. The summed E-state index contributed by atoms with van der Waals surface area (Å²) in [4.78, 5) is 28.2. The van der Waals surface area contributed by atoms with Crippen molar-refractivity contribution in [2.75, 3.05) is 17.4 Å². The molecule has 0 fully saturated rings. The number of aryl methyl sites for hydroxylation is 3. The third kappa shape index (κ3) is 7.47. The van der Waals surface area contributed by atoms with Crippen LogP contribution in [0.25, 0.3) is 0 Å². The van der Waals surface area contributed by atoms with E-state index in [9.17, 15) is 22.4 Å². The normalized spacial score (nSPS) is 12.1. The fourth-order valence-corrected chi connectivity index (χ4v) is 5.58. The third-order valence-corrected chi connectivity index (χ3v) is 8.75. The topological polar surface area (TPSA) is 86.8 Å². The Morgan fingerprint density at radius 1 is 0.950 bits per heavy atom. The number of halogens is 1. The van der Waals surface area contributed by atoms with Gasteiger partial charge in [0.25, 0.3) is 10.0 Å². The molecule has 0 saturated carbocycles. The maximum absolute atomic E-state index is 14.6. The first kappa shape index (κ1) is 30.8. The maximum Gasteiger partial charge on any atom is 0.264 e. The Balaban J connectivity index is 2.03. The summed E-state index contributed by atoms with van der Waals surface area (Å²) in [5.74, 6) is -1.54. The highest BCUT2D eigenvalue weighted by Crippen LogP contribution is 2.27. The molecule has 0 heterocycles. The minimum absolute atomic E-state index is 0.0372. The van der Waals surface area contributed by atoms with Gasteiger partial charge in [0.2, 0.25) is 11.8 Å². The molecule has 214 valence electrons. The molecule has 7 nitrogen and oxygen atoms in total. The smallest absolute Gasteiger partial charge is 0.264 e. The Bertz CT molecular complexity index is 1440. The van der Waals surface area contributed by atoms with Crippen molar-refractivity contribution in [1.29, 1.82) is 0 Å². The van der Waals surface area contributed by atoms with E-state index >= 15 is 0 Å². The molecule has 1 N–H and O–H groups in total. The molecular formula is C31H38FN3O4S. The summed E-state index contributed by atoms with van der Waals surface area (Å²) in [7, 11) is -4.16. The molecule has 40 heavy (non-hydrogen) atoms. The van der Waals surface area contributed by atoms with Gasteiger partial charge < -0.3 is 10.2 Å². The molecule has 3 aromatic carbocycles. The predicted molar refractivity (Wildman–Crippen MR) is 156 cm³/mol. The van der Waals surface area contributed by atoms with Gasteiger partial charge in [-0.25, -0.2) is 12.8 Å². The van der Waals surface area contributed by atoms with Gasteiger partial charge in [0, 0.05) is 18.7 Å². The van der Waals surface area contributed by atoms with Crippen molar-refractivity contribution in [3.05, 3.63) is 94.8 Å². The molecule has 3 aromatic rings. The largest absolute Gasteiger partial charge is 0.354 e. The number of benzene rings is 3. The highest BCUT2D eigenvalue weighted by molar-refractivity contribution is 7.92. The summed E-state index contributed by atoms with van der Waals surface area (Å²) in [6.45, 7) is 8.88. The van der Waals surface area contributed by atoms with Crippen molar-refractivity contribution >= 4 is 27.5 Å². The summed E-state index contributed by atoms with van der Waals surface area (Å²) < 4.78 is 43.5. The fraction of sp³-hybridized carbons (Fsp3) is 0.355. The number of rotatable bonds is 12. The van der Waals surface area contributed by atoms with Crippen LogP contribution in [0.3, 0.4) is 0 Å². The first-order valence-electron chi connectivity index (χ1n) is 13.4. The lowest BCUT2D eigenvalue weighted by atomic mass is 10.1. The van der Waals surface area contributed by atoms with E-state index in [1.165, 1.54) is 23.1 Å². The van der Waals surface area contributed by atoms with Crippen LogP contribution in [-0.2, 0) is 26.2 Å². The van der Waals surface area contributed by atoms with Crippen molar-refractivity contribution in [3.63, 3.8) is 0 Å². The van der Waals surface area contributed by atoms with Gasteiger partial charge in [-0.1, -0.05) is 55.3 Å². The van der Waals surface area contributed by atoms with Crippen molar-refractivity contribution < 1.29 is 22.4 Å². The van der Waals surface area contributed by atoms with E-state index in [1.54, 1.807) is 55.5 Å². The SMILES string of the molecule is CCCCNC(=O)[C@H](C)N(Cc1ccccc1F)C(=O)CN(c1ccc(C)c(C)c1)S(=O)(=O)c1ccc(C)cc1. The summed E-state index contributed by atoms with van der Waals surface area (Å²) in [6.07, 6.45) is 1.66. The molecule has 2 amide bonds. The Morgan fingerprint density at radius 3 is 2.25 bits per heavy atom. The van der Waals surface area contributed by atoms with Gasteiger partial charge in [-0.3, -0.25) is 13.9 Å². The first-order chi connectivity index (χ1) is 18.9. The third-order valence-electron chi connectivity index (χ3n) is 6.96. The number of hydrogen-bond donors (Lipinski definition) is 1. The maximum atomic E-state index is 14.6. The van der Waals surface area contributed by atoms with E-state index in [-0.39, 0.29) is 17.0 Å². The van der Waals surface area contributed by atoms with E-state index in [1.807, 2.05) is 27.7 Å². The molecular weight excluding hydrogens is 529 g/mol. The van der Waals surface area contributed by atoms with Gasteiger partial charge in [-0.05, 0) is 75.6 Å².